The Morgan fingerprint density at radius 3 is 2.36 bits per heavy atom. The summed E-state index contributed by atoms with van der Waals surface area (Å²) in [6.45, 7) is 7.56. The lowest BCUT2D eigenvalue weighted by molar-refractivity contribution is 0.104. The minimum atomic E-state index is -0.505. The smallest absolute Gasteiger partial charge is 0.319 e. The van der Waals surface area contributed by atoms with Gasteiger partial charge in [-0.15, -0.1) is 0 Å². The third-order valence-corrected chi connectivity index (χ3v) is 3.75. The first kappa shape index (κ1) is 18.5. The zero-order valence-corrected chi connectivity index (χ0v) is 13.8. The molecule has 3 N–H and O–H groups in total. The van der Waals surface area contributed by atoms with Crippen LogP contribution in [0.25, 0.3) is 0 Å². The fraction of sp³-hybridized carbons (Fsp3) is 0.588. The Hall–Kier alpha value is -1.59. The van der Waals surface area contributed by atoms with Crippen molar-refractivity contribution in [3.05, 3.63) is 29.8 Å². The topological polar surface area (TPSA) is 70.6 Å². The summed E-state index contributed by atoms with van der Waals surface area (Å²) < 4.78 is 5.32. The summed E-state index contributed by atoms with van der Waals surface area (Å²) in [4.78, 5) is 11.8. The Kier molecular flexibility index (Phi) is 8.55. The number of benzene rings is 1. The second-order valence-electron chi connectivity index (χ2n) is 5.31. The molecule has 1 unspecified atom stereocenters. The van der Waals surface area contributed by atoms with Gasteiger partial charge in [0.25, 0.3) is 0 Å². The SMILES string of the molecule is CCOCc1ccc(NC(=O)NCC(O)C(CC)CC)cc1. The van der Waals surface area contributed by atoms with Crippen LogP contribution in [0.15, 0.2) is 24.3 Å². The average molecular weight is 308 g/mol. The molecule has 5 heteroatoms. The number of rotatable bonds is 9. The molecule has 0 bridgehead atoms. The normalized spacial score (nSPS) is 12.2. The van der Waals surface area contributed by atoms with Crippen molar-refractivity contribution in [2.75, 3.05) is 18.5 Å². The molecule has 0 fully saturated rings. The van der Waals surface area contributed by atoms with Gasteiger partial charge in [-0.05, 0) is 30.5 Å². The molecule has 1 atom stereocenters. The Morgan fingerprint density at radius 1 is 1.18 bits per heavy atom. The fourth-order valence-electron chi connectivity index (χ4n) is 2.28. The maximum atomic E-state index is 11.8. The molecule has 0 saturated carbocycles. The highest BCUT2D eigenvalue weighted by Crippen LogP contribution is 2.13. The number of hydrogen-bond acceptors (Lipinski definition) is 3. The molecule has 2 amide bonds. The second-order valence-corrected chi connectivity index (χ2v) is 5.31. The molecule has 1 rings (SSSR count). The molecule has 124 valence electrons. The van der Waals surface area contributed by atoms with Crippen LogP contribution in [-0.4, -0.2) is 30.4 Å². The highest BCUT2D eigenvalue weighted by molar-refractivity contribution is 5.89. The Labute approximate surface area is 133 Å². The van der Waals surface area contributed by atoms with E-state index >= 15 is 0 Å². The van der Waals surface area contributed by atoms with Crippen LogP contribution >= 0.6 is 0 Å². The monoisotopic (exact) mass is 308 g/mol. The fourth-order valence-corrected chi connectivity index (χ4v) is 2.28. The number of nitrogens with one attached hydrogen (secondary N) is 2. The lowest BCUT2D eigenvalue weighted by atomic mass is 9.97. The van der Waals surface area contributed by atoms with Crippen molar-refractivity contribution in [3.8, 4) is 0 Å². The molecule has 0 aliphatic carbocycles. The molecular formula is C17H28N2O3. The van der Waals surface area contributed by atoms with Crippen LogP contribution in [0.4, 0.5) is 10.5 Å². The van der Waals surface area contributed by atoms with E-state index in [-0.39, 0.29) is 18.5 Å². The first-order chi connectivity index (χ1) is 10.6. The molecule has 0 heterocycles. The van der Waals surface area contributed by atoms with Crippen molar-refractivity contribution < 1.29 is 14.6 Å². The lowest BCUT2D eigenvalue weighted by Gasteiger charge is -2.20. The van der Waals surface area contributed by atoms with Crippen LogP contribution in [0.3, 0.4) is 0 Å². The minimum Gasteiger partial charge on any atom is -0.391 e. The number of aliphatic hydroxyl groups is 1. The number of carbonyl (C=O) groups excluding carboxylic acids is 1. The molecule has 0 saturated heterocycles. The zero-order chi connectivity index (χ0) is 16.4. The Morgan fingerprint density at radius 2 is 1.82 bits per heavy atom. The highest BCUT2D eigenvalue weighted by Gasteiger charge is 2.16. The van der Waals surface area contributed by atoms with Crippen LogP contribution < -0.4 is 10.6 Å². The summed E-state index contributed by atoms with van der Waals surface area (Å²) in [6.07, 6.45) is 1.30. The summed E-state index contributed by atoms with van der Waals surface area (Å²) >= 11 is 0. The van der Waals surface area contributed by atoms with E-state index in [0.29, 0.717) is 13.2 Å². The van der Waals surface area contributed by atoms with Crippen molar-refractivity contribution in [1.29, 1.82) is 0 Å². The number of urea groups is 1. The van der Waals surface area contributed by atoms with Gasteiger partial charge in [0, 0.05) is 18.8 Å². The number of carbonyl (C=O) groups is 1. The summed E-state index contributed by atoms with van der Waals surface area (Å²) in [5.74, 6) is 0.221. The van der Waals surface area contributed by atoms with Gasteiger partial charge in [-0.1, -0.05) is 38.8 Å². The predicted octanol–water partition coefficient (Wildman–Crippen LogP) is 3.14. The van der Waals surface area contributed by atoms with Gasteiger partial charge in [-0.3, -0.25) is 0 Å². The Bertz CT molecular complexity index is 430. The predicted molar refractivity (Wildman–Crippen MR) is 88.9 cm³/mol. The Balaban J connectivity index is 2.38. The summed E-state index contributed by atoms with van der Waals surface area (Å²) in [5, 5.41) is 15.4. The molecule has 0 aliphatic heterocycles. The number of anilines is 1. The van der Waals surface area contributed by atoms with E-state index < -0.39 is 6.10 Å². The van der Waals surface area contributed by atoms with Gasteiger partial charge < -0.3 is 20.5 Å². The first-order valence-corrected chi connectivity index (χ1v) is 8.00. The van der Waals surface area contributed by atoms with Crippen LogP contribution in [0.2, 0.25) is 0 Å². The lowest BCUT2D eigenvalue weighted by Crippen LogP contribution is -2.38. The van der Waals surface area contributed by atoms with Crippen molar-refractivity contribution >= 4 is 11.7 Å². The van der Waals surface area contributed by atoms with Gasteiger partial charge in [0.2, 0.25) is 0 Å². The highest BCUT2D eigenvalue weighted by atomic mass is 16.5. The molecule has 1 aromatic carbocycles. The van der Waals surface area contributed by atoms with E-state index in [1.54, 1.807) is 0 Å². The van der Waals surface area contributed by atoms with Gasteiger partial charge in [0.1, 0.15) is 0 Å². The summed E-state index contributed by atoms with van der Waals surface area (Å²) in [6, 6.07) is 7.22. The maximum Gasteiger partial charge on any atom is 0.319 e. The van der Waals surface area contributed by atoms with E-state index in [0.717, 1.165) is 24.1 Å². The quantitative estimate of drug-likeness (QED) is 0.656. The maximum absolute atomic E-state index is 11.8. The van der Waals surface area contributed by atoms with E-state index in [1.165, 1.54) is 0 Å². The van der Waals surface area contributed by atoms with Crippen LogP contribution in [0, 0.1) is 5.92 Å². The van der Waals surface area contributed by atoms with Crippen molar-refractivity contribution in [2.24, 2.45) is 5.92 Å². The number of aliphatic hydroxyl groups excluding tert-OH is 1. The summed E-state index contributed by atoms with van der Waals surface area (Å²) in [7, 11) is 0. The molecular weight excluding hydrogens is 280 g/mol. The molecule has 0 aliphatic rings. The number of hydrogen-bond donors (Lipinski definition) is 3. The largest absolute Gasteiger partial charge is 0.391 e. The van der Waals surface area contributed by atoms with Crippen molar-refractivity contribution in [3.63, 3.8) is 0 Å². The van der Waals surface area contributed by atoms with Gasteiger partial charge in [-0.2, -0.15) is 0 Å². The summed E-state index contributed by atoms with van der Waals surface area (Å²) in [5.41, 5.74) is 1.78. The standard InChI is InChI=1S/C17H28N2O3/c1-4-14(5-2)16(20)11-18-17(21)19-15-9-7-13(8-10-15)12-22-6-3/h7-10,14,16,20H,4-6,11-12H2,1-3H3,(H2,18,19,21). The third kappa shape index (κ3) is 6.45. The van der Waals surface area contributed by atoms with Crippen LogP contribution in [0.5, 0.6) is 0 Å². The zero-order valence-electron chi connectivity index (χ0n) is 13.8. The van der Waals surface area contributed by atoms with E-state index in [1.807, 2.05) is 45.0 Å². The molecule has 22 heavy (non-hydrogen) atoms. The molecule has 0 aromatic heterocycles. The molecule has 0 radical (unpaired) electrons. The van der Waals surface area contributed by atoms with E-state index in [2.05, 4.69) is 10.6 Å². The van der Waals surface area contributed by atoms with Gasteiger partial charge in [0.15, 0.2) is 0 Å². The van der Waals surface area contributed by atoms with Crippen LogP contribution in [-0.2, 0) is 11.3 Å². The van der Waals surface area contributed by atoms with E-state index in [9.17, 15) is 9.90 Å². The number of ether oxygens (including phenoxy) is 1. The minimum absolute atomic E-state index is 0.221. The first-order valence-electron chi connectivity index (χ1n) is 8.00. The van der Waals surface area contributed by atoms with Gasteiger partial charge >= 0.3 is 6.03 Å². The van der Waals surface area contributed by atoms with Crippen LogP contribution in [0.1, 0.15) is 39.2 Å². The molecule has 5 nitrogen and oxygen atoms in total. The van der Waals surface area contributed by atoms with Gasteiger partial charge in [-0.25, -0.2) is 4.79 Å². The third-order valence-electron chi connectivity index (χ3n) is 3.75. The van der Waals surface area contributed by atoms with Gasteiger partial charge in [0.05, 0.1) is 12.7 Å². The second kappa shape index (κ2) is 10.2. The molecule has 0 spiro atoms. The average Bonchev–Trinajstić information content (AvgIpc) is 2.53. The van der Waals surface area contributed by atoms with E-state index in [4.69, 9.17) is 4.74 Å². The van der Waals surface area contributed by atoms with Crippen molar-refractivity contribution in [2.45, 2.75) is 46.3 Å². The molecule has 1 aromatic rings. The number of amides is 2. The van der Waals surface area contributed by atoms with Crippen molar-refractivity contribution in [1.82, 2.24) is 5.32 Å².